The van der Waals surface area contributed by atoms with Gasteiger partial charge in [-0.25, -0.2) is 0 Å². The van der Waals surface area contributed by atoms with E-state index >= 15 is 0 Å². The molecule has 1 heterocycles. The van der Waals surface area contributed by atoms with E-state index in [1.807, 2.05) is 86.6 Å². The summed E-state index contributed by atoms with van der Waals surface area (Å²) in [5.41, 5.74) is -1.09. The lowest BCUT2D eigenvalue weighted by Crippen LogP contribution is -2.49. The van der Waals surface area contributed by atoms with Crippen LogP contribution in [0.1, 0.15) is 80.7 Å². The van der Waals surface area contributed by atoms with E-state index in [0.717, 1.165) is 5.56 Å². The van der Waals surface area contributed by atoms with Gasteiger partial charge in [-0.05, 0) is 74.3 Å². The third-order valence-corrected chi connectivity index (χ3v) is 6.67. The molecule has 0 bridgehead atoms. The van der Waals surface area contributed by atoms with Crippen LogP contribution in [-0.4, -0.2) is 114 Å². The Morgan fingerprint density at radius 3 is 1.53 bits per heavy atom. The standard InChI is InChI=1S/C34H55N3O8/c1-32(2,3)43-29(39)23-35-17-18-36(24-30(40)44-33(4,5)6)20-22-37(21-19-35)27(31(41)45-34(7,8)9)15-16-28(38)42-25-26-13-11-10-12-14-26/h10-14,27H,15-25H2,1-9H3. The highest BCUT2D eigenvalue weighted by Crippen LogP contribution is 2.18. The molecule has 1 unspecified atom stereocenters. The zero-order chi connectivity index (χ0) is 33.8. The van der Waals surface area contributed by atoms with Crippen molar-refractivity contribution in [3.8, 4) is 0 Å². The minimum atomic E-state index is -0.738. The van der Waals surface area contributed by atoms with Gasteiger partial charge >= 0.3 is 23.9 Å². The van der Waals surface area contributed by atoms with Crippen molar-refractivity contribution < 1.29 is 38.1 Å². The van der Waals surface area contributed by atoms with Gasteiger partial charge in [-0.3, -0.25) is 33.9 Å². The molecule has 0 aliphatic carbocycles. The first kappa shape index (κ1) is 38.2. The Hall–Kier alpha value is -3.02. The molecule has 1 fully saturated rings. The Kier molecular flexibility index (Phi) is 14.5. The molecule has 1 atom stereocenters. The Labute approximate surface area is 269 Å². The Bertz CT molecular complexity index is 1060. The van der Waals surface area contributed by atoms with Crippen LogP contribution < -0.4 is 0 Å². The van der Waals surface area contributed by atoms with Crippen molar-refractivity contribution >= 4 is 23.9 Å². The van der Waals surface area contributed by atoms with Crippen LogP contribution in [0.4, 0.5) is 0 Å². The number of esters is 4. The second-order valence-corrected chi connectivity index (χ2v) is 14.5. The molecule has 45 heavy (non-hydrogen) atoms. The Morgan fingerprint density at radius 1 is 0.644 bits per heavy atom. The fourth-order valence-electron chi connectivity index (χ4n) is 4.78. The predicted molar refractivity (Wildman–Crippen MR) is 171 cm³/mol. The average molecular weight is 634 g/mol. The molecular formula is C34H55N3O8. The molecule has 1 aliphatic heterocycles. The van der Waals surface area contributed by atoms with E-state index in [2.05, 4.69) is 0 Å². The van der Waals surface area contributed by atoms with Crippen LogP contribution in [0.2, 0.25) is 0 Å². The van der Waals surface area contributed by atoms with Crippen molar-refractivity contribution in [1.82, 2.24) is 14.7 Å². The van der Waals surface area contributed by atoms with Gasteiger partial charge in [-0.2, -0.15) is 0 Å². The molecule has 0 N–H and O–H groups in total. The van der Waals surface area contributed by atoms with Crippen LogP contribution in [0.25, 0.3) is 0 Å². The van der Waals surface area contributed by atoms with Crippen LogP contribution in [0.3, 0.4) is 0 Å². The summed E-state index contributed by atoms with van der Waals surface area (Å²) in [6.45, 7) is 19.5. The zero-order valence-corrected chi connectivity index (χ0v) is 28.8. The molecule has 11 heteroatoms. The SMILES string of the molecule is CC(C)(C)OC(=O)CN1CCN(CC(=O)OC(C)(C)C)CCN(C(CCC(=O)OCc2ccccc2)C(=O)OC(C)(C)C)CC1. The van der Waals surface area contributed by atoms with Crippen LogP contribution in [-0.2, 0) is 44.7 Å². The minimum absolute atomic E-state index is 0.0243. The van der Waals surface area contributed by atoms with Crippen molar-refractivity contribution in [2.24, 2.45) is 0 Å². The summed E-state index contributed by atoms with van der Waals surface area (Å²) < 4.78 is 22.4. The van der Waals surface area contributed by atoms with Crippen molar-refractivity contribution in [3.63, 3.8) is 0 Å². The third-order valence-electron chi connectivity index (χ3n) is 6.67. The van der Waals surface area contributed by atoms with Gasteiger partial charge in [-0.1, -0.05) is 30.3 Å². The molecule has 0 amide bonds. The topological polar surface area (TPSA) is 115 Å². The highest BCUT2D eigenvalue weighted by molar-refractivity contribution is 5.78. The number of carbonyl (C=O) groups excluding carboxylic acids is 4. The van der Waals surface area contributed by atoms with Crippen molar-refractivity contribution in [3.05, 3.63) is 35.9 Å². The largest absolute Gasteiger partial charge is 0.461 e. The van der Waals surface area contributed by atoms with E-state index in [4.69, 9.17) is 18.9 Å². The van der Waals surface area contributed by atoms with Crippen LogP contribution in [0.15, 0.2) is 30.3 Å². The molecule has 11 nitrogen and oxygen atoms in total. The predicted octanol–water partition coefficient (Wildman–Crippen LogP) is 3.82. The monoisotopic (exact) mass is 633 g/mol. The maximum atomic E-state index is 13.6. The van der Waals surface area contributed by atoms with E-state index in [0.29, 0.717) is 39.3 Å². The summed E-state index contributed by atoms with van der Waals surface area (Å²) in [6.07, 6.45) is 0.219. The molecule has 1 aromatic carbocycles. The maximum Gasteiger partial charge on any atom is 0.323 e. The quantitative estimate of drug-likeness (QED) is 0.262. The van der Waals surface area contributed by atoms with Gasteiger partial charge < -0.3 is 18.9 Å². The van der Waals surface area contributed by atoms with Gasteiger partial charge in [-0.15, -0.1) is 0 Å². The summed E-state index contributed by atoms with van der Waals surface area (Å²) in [4.78, 5) is 57.8. The molecule has 1 aliphatic rings. The van der Waals surface area contributed by atoms with Crippen molar-refractivity contribution in [2.75, 3.05) is 52.4 Å². The fraction of sp³-hybridized carbons (Fsp3) is 0.706. The molecule has 0 aromatic heterocycles. The second-order valence-electron chi connectivity index (χ2n) is 14.5. The first-order chi connectivity index (χ1) is 20.8. The maximum absolute atomic E-state index is 13.6. The average Bonchev–Trinajstić information content (AvgIpc) is 2.96. The van der Waals surface area contributed by atoms with E-state index in [1.54, 1.807) is 20.8 Å². The normalized spacial score (nSPS) is 16.9. The lowest BCUT2D eigenvalue weighted by atomic mass is 10.1. The summed E-state index contributed by atoms with van der Waals surface area (Å²) in [7, 11) is 0. The summed E-state index contributed by atoms with van der Waals surface area (Å²) in [5, 5.41) is 0. The van der Waals surface area contributed by atoms with Gasteiger partial charge in [0.15, 0.2) is 0 Å². The molecule has 2 rings (SSSR count). The number of nitrogens with zero attached hydrogens (tertiary/aromatic N) is 3. The number of rotatable bonds is 11. The van der Waals surface area contributed by atoms with Gasteiger partial charge in [0, 0.05) is 45.7 Å². The van der Waals surface area contributed by atoms with Crippen LogP contribution in [0.5, 0.6) is 0 Å². The number of benzene rings is 1. The summed E-state index contributed by atoms with van der Waals surface area (Å²) in [6, 6.07) is 8.68. The van der Waals surface area contributed by atoms with E-state index in [9.17, 15) is 19.2 Å². The fourth-order valence-corrected chi connectivity index (χ4v) is 4.78. The summed E-state index contributed by atoms with van der Waals surface area (Å²) in [5.74, 6) is -1.54. The third kappa shape index (κ3) is 16.7. The van der Waals surface area contributed by atoms with Gasteiger partial charge in [0.1, 0.15) is 29.5 Å². The number of hydrogen-bond donors (Lipinski definition) is 0. The molecule has 0 saturated carbocycles. The Balaban J connectivity index is 2.25. The van der Waals surface area contributed by atoms with Gasteiger partial charge in [0.25, 0.3) is 0 Å². The number of ether oxygens (including phenoxy) is 4. The first-order valence-corrected chi connectivity index (χ1v) is 15.8. The number of hydrogen-bond acceptors (Lipinski definition) is 11. The molecule has 1 aromatic rings. The zero-order valence-electron chi connectivity index (χ0n) is 28.8. The molecular weight excluding hydrogens is 578 g/mol. The van der Waals surface area contributed by atoms with Crippen molar-refractivity contribution in [1.29, 1.82) is 0 Å². The van der Waals surface area contributed by atoms with Crippen LogP contribution in [0, 0.1) is 0 Å². The van der Waals surface area contributed by atoms with Gasteiger partial charge in [0.05, 0.1) is 13.1 Å². The van der Waals surface area contributed by atoms with Crippen molar-refractivity contribution in [2.45, 2.75) is 105 Å². The molecule has 254 valence electrons. The second kappa shape index (κ2) is 17.1. The summed E-state index contributed by atoms with van der Waals surface area (Å²) >= 11 is 0. The lowest BCUT2D eigenvalue weighted by Gasteiger charge is -2.33. The highest BCUT2D eigenvalue weighted by Gasteiger charge is 2.33. The molecule has 1 saturated heterocycles. The minimum Gasteiger partial charge on any atom is -0.461 e. The van der Waals surface area contributed by atoms with E-state index < -0.39 is 34.8 Å². The molecule has 0 spiro atoms. The Morgan fingerprint density at radius 2 is 1.09 bits per heavy atom. The first-order valence-electron chi connectivity index (χ1n) is 15.8. The molecule has 0 radical (unpaired) electrons. The smallest absolute Gasteiger partial charge is 0.323 e. The highest BCUT2D eigenvalue weighted by atomic mass is 16.6. The number of carbonyl (C=O) groups is 4. The van der Waals surface area contributed by atoms with Crippen LogP contribution >= 0.6 is 0 Å². The van der Waals surface area contributed by atoms with Gasteiger partial charge in [0.2, 0.25) is 0 Å². The van der Waals surface area contributed by atoms with E-state index in [1.165, 1.54) is 0 Å². The lowest BCUT2D eigenvalue weighted by molar-refractivity contribution is -0.163. The van der Waals surface area contributed by atoms with E-state index in [-0.39, 0.29) is 44.5 Å².